The first-order chi connectivity index (χ1) is 14.1. The lowest BCUT2D eigenvalue weighted by molar-refractivity contribution is -0.130. The van der Waals surface area contributed by atoms with Crippen molar-refractivity contribution in [1.29, 1.82) is 0 Å². The molecule has 1 N–H and O–H groups in total. The van der Waals surface area contributed by atoms with Gasteiger partial charge in [0.2, 0.25) is 5.91 Å². The highest BCUT2D eigenvalue weighted by Crippen LogP contribution is 2.45. The lowest BCUT2D eigenvalue weighted by Gasteiger charge is -2.37. The highest BCUT2D eigenvalue weighted by Gasteiger charge is 2.52. The minimum Gasteiger partial charge on any atom is -0.497 e. The molecule has 158 valence electrons. The minimum atomic E-state index is -0.175. The Labute approximate surface area is 172 Å². The number of hydrogen-bond acceptors (Lipinski definition) is 4. The van der Waals surface area contributed by atoms with Crippen LogP contribution >= 0.6 is 0 Å². The summed E-state index contributed by atoms with van der Waals surface area (Å²) in [5.41, 5.74) is 0.436. The monoisotopic (exact) mass is 400 g/mol. The molecule has 0 radical (unpaired) electrons. The number of amides is 2. The van der Waals surface area contributed by atoms with Gasteiger partial charge in [-0.25, -0.2) is 0 Å². The van der Waals surface area contributed by atoms with Gasteiger partial charge >= 0.3 is 0 Å². The summed E-state index contributed by atoms with van der Waals surface area (Å²) in [5.74, 6) is 0.604. The van der Waals surface area contributed by atoms with Crippen molar-refractivity contribution in [3.05, 3.63) is 29.8 Å². The van der Waals surface area contributed by atoms with Crippen LogP contribution in [0.1, 0.15) is 55.3 Å². The van der Waals surface area contributed by atoms with Gasteiger partial charge in [0.15, 0.2) is 0 Å². The van der Waals surface area contributed by atoms with Gasteiger partial charge < -0.3 is 19.7 Å². The summed E-state index contributed by atoms with van der Waals surface area (Å²) in [5, 5.41) is 3.31. The molecule has 6 nitrogen and oxygen atoms in total. The zero-order valence-electron chi connectivity index (χ0n) is 17.3. The average molecular weight is 401 g/mol. The third-order valence-electron chi connectivity index (χ3n) is 7.01. The van der Waals surface area contributed by atoms with Crippen molar-refractivity contribution >= 4 is 11.8 Å². The van der Waals surface area contributed by atoms with E-state index in [0.29, 0.717) is 37.6 Å². The Balaban J connectivity index is 1.52. The molecule has 1 aromatic rings. The predicted molar refractivity (Wildman–Crippen MR) is 110 cm³/mol. The highest BCUT2D eigenvalue weighted by molar-refractivity contribution is 5.95. The molecule has 4 rings (SSSR count). The lowest BCUT2D eigenvalue weighted by Crippen LogP contribution is -2.47. The van der Waals surface area contributed by atoms with Crippen molar-refractivity contribution in [2.45, 2.75) is 51.0 Å². The summed E-state index contributed by atoms with van der Waals surface area (Å²) < 4.78 is 10.9. The van der Waals surface area contributed by atoms with E-state index in [0.717, 1.165) is 25.7 Å². The van der Waals surface area contributed by atoms with Crippen LogP contribution in [0.15, 0.2) is 24.3 Å². The van der Waals surface area contributed by atoms with Gasteiger partial charge in [0.25, 0.3) is 5.91 Å². The fourth-order valence-electron chi connectivity index (χ4n) is 5.26. The molecule has 1 spiro atoms. The lowest BCUT2D eigenvalue weighted by atomic mass is 9.71. The Hall–Kier alpha value is -2.08. The molecular weight excluding hydrogens is 368 g/mol. The Morgan fingerprint density at radius 2 is 1.93 bits per heavy atom. The maximum absolute atomic E-state index is 13.3. The van der Waals surface area contributed by atoms with Gasteiger partial charge in [0, 0.05) is 43.3 Å². The molecule has 2 heterocycles. The van der Waals surface area contributed by atoms with E-state index >= 15 is 0 Å². The Morgan fingerprint density at radius 3 is 2.66 bits per heavy atom. The molecule has 1 aromatic carbocycles. The summed E-state index contributed by atoms with van der Waals surface area (Å²) in [6.07, 6.45) is 7.45. The molecule has 0 bridgehead atoms. The zero-order valence-corrected chi connectivity index (χ0v) is 17.3. The molecule has 0 aromatic heterocycles. The molecule has 1 aliphatic carbocycles. The second-order valence-electron chi connectivity index (χ2n) is 8.79. The van der Waals surface area contributed by atoms with Crippen LogP contribution < -0.4 is 10.1 Å². The van der Waals surface area contributed by atoms with Crippen LogP contribution in [0, 0.1) is 11.3 Å². The number of likely N-dealkylation sites (tertiary alicyclic amines) is 1. The van der Waals surface area contributed by atoms with Gasteiger partial charge in [-0.1, -0.05) is 25.3 Å². The van der Waals surface area contributed by atoms with Crippen LogP contribution in [0.25, 0.3) is 0 Å². The summed E-state index contributed by atoms with van der Waals surface area (Å²) in [4.78, 5) is 28.4. The second kappa shape index (κ2) is 8.74. The zero-order chi connectivity index (χ0) is 20.3. The number of nitrogens with zero attached hydrogens (tertiary/aromatic N) is 1. The average Bonchev–Trinajstić information content (AvgIpc) is 3.13. The Kier molecular flexibility index (Phi) is 6.09. The second-order valence-corrected chi connectivity index (χ2v) is 8.79. The van der Waals surface area contributed by atoms with Crippen molar-refractivity contribution < 1.29 is 19.1 Å². The number of methoxy groups -OCH3 is 1. The van der Waals surface area contributed by atoms with Crippen molar-refractivity contribution in [3.63, 3.8) is 0 Å². The van der Waals surface area contributed by atoms with E-state index in [1.807, 2.05) is 23.1 Å². The number of benzene rings is 1. The fraction of sp³-hybridized carbons (Fsp3) is 0.652. The van der Waals surface area contributed by atoms with E-state index in [1.54, 1.807) is 13.2 Å². The molecule has 2 aliphatic heterocycles. The molecule has 3 fully saturated rings. The van der Waals surface area contributed by atoms with Crippen LogP contribution in [0.3, 0.4) is 0 Å². The van der Waals surface area contributed by atoms with Gasteiger partial charge in [-0.15, -0.1) is 0 Å². The van der Waals surface area contributed by atoms with Crippen LogP contribution in [0.4, 0.5) is 0 Å². The molecule has 29 heavy (non-hydrogen) atoms. The molecule has 1 atom stereocenters. The largest absolute Gasteiger partial charge is 0.497 e. The van der Waals surface area contributed by atoms with Crippen molar-refractivity contribution in [3.8, 4) is 5.75 Å². The van der Waals surface area contributed by atoms with Crippen LogP contribution in [0.2, 0.25) is 0 Å². The smallest absolute Gasteiger partial charge is 0.254 e. The van der Waals surface area contributed by atoms with Gasteiger partial charge in [-0.05, 0) is 43.9 Å². The van der Waals surface area contributed by atoms with Gasteiger partial charge in [0.05, 0.1) is 13.0 Å². The minimum absolute atomic E-state index is 0.0252. The molecule has 1 unspecified atom stereocenters. The number of ether oxygens (including phenoxy) is 2. The molecule has 2 saturated heterocycles. The molecule has 6 heteroatoms. The summed E-state index contributed by atoms with van der Waals surface area (Å²) in [6.45, 7) is 2.42. The van der Waals surface area contributed by atoms with Crippen molar-refractivity contribution in [1.82, 2.24) is 10.2 Å². The third kappa shape index (κ3) is 4.27. The number of carbonyl (C=O) groups excluding carboxylic acids is 2. The molecule has 2 amide bonds. The van der Waals surface area contributed by atoms with Gasteiger partial charge in [-0.3, -0.25) is 9.59 Å². The van der Waals surface area contributed by atoms with Gasteiger partial charge in [0.1, 0.15) is 5.75 Å². The summed E-state index contributed by atoms with van der Waals surface area (Å²) >= 11 is 0. The Morgan fingerprint density at radius 1 is 1.17 bits per heavy atom. The topological polar surface area (TPSA) is 67.9 Å². The quantitative estimate of drug-likeness (QED) is 0.844. The van der Waals surface area contributed by atoms with E-state index < -0.39 is 0 Å². The normalized spacial score (nSPS) is 24.4. The van der Waals surface area contributed by atoms with Crippen molar-refractivity contribution in [2.75, 3.05) is 33.4 Å². The number of carbonyl (C=O) groups is 2. The van der Waals surface area contributed by atoms with Crippen LogP contribution in [-0.4, -0.2) is 56.2 Å². The van der Waals surface area contributed by atoms with E-state index in [2.05, 4.69) is 5.32 Å². The first-order valence-corrected chi connectivity index (χ1v) is 10.9. The predicted octanol–water partition coefficient (Wildman–Crippen LogP) is 3.01. The first kappa shape index (κ1) is 20.2. The number of rotatable bonds is 4. The van der Waals surface area contributed by atoms with Crippen LogP contribution in [0.5, 0.6) is 5.75 Å². The summed E-state index contributed by atoms with van der Waals surface area (Å²) in [6, 6.07) is 7.54. The molecule has 1 saturated carbocycles. The first-order valence-electron chi connectivity index (χ1n) is 10.9. The number of hydrogen-bond donors (Lipinski definition) is 1. The maximum Gasteiger partial charge on any atom is 0.254 e. The summed E-state index contributed by atoms with van der Waals surface area (Å²) in [7, 11) is 1.60. The van der Waals surface area contributed by atoms with E-state index in [1.165, 1.54) is 19.3 Å². The maximum atomic E-state index is 13.3. The van der Waals surface area contributed by atoms with Crippen LogP contribution in [-0.2, 0) is 9.53 Å². The van der Waals surface area contributed by atoms with Gasteiger partial charge in [-0.2, -0.15) is 0 Å². The standard InChI is InChI=1S/C23H32N2O4/c1-28-19-9-5-6-17(14-19)22(27)25-15-20(23(16-25)10-12-29-13-11-23)21(26)24-18-7-3-2-4-8-18/h5-6,9,14,18,20H,2-4,7-8,10-13,15-16H2,1H3,(H,24,26). The van der Waals surface area contributed by atoms with E-state index in [4.69, 9.17) is 9.47 Å². The van der Waals surface area contributed by atoms with Crippen molar-refractivity contribution in [2.24, 2.45) is 11.3 Å². The molecule has 3 aliphatic rings. The third-order valence-corrected chi connectivity index (χ3v) is 7.01. The van der Waals surface area contributed by atoms with E-state index in [-0.39, 0.29) is 29.2 Å². The number of nitrogens with one attached hydrogen (secondary N) is 1. The Bertz CT molecular complexity index is 738. The molecular formula is C23H32N2O4. The van der Waals surface area contributed by atoms with E-state index in [9.17, 15) is 9.59 Å². The highest BCUT2D eigenvalue weighted by atomic mass is 16.5. The fourth-order valence-corrected chi connectivity index (χ4v) is 5.26. The SMILES string of the molecule is COc1cccc(C(=O)N2CC(C(=O)NC3CCCCC3)C3(CCOCC3)C2)c1.